The Morgan fingerprint density at radius 2 is 2.25 bits per heavy atom. The number of ether oxygens (including phenoxy) is 1. The van der Waals surface area contributed by atoms with E-state index in [0.29, 0.717) is 12.0 Å². The molecule has 1 aromatic heterocycles. The zero-order valence-corrected chi connectivity index (χ0v) is 9.50. The zero-order valence-electron chi connectivity index (χ0n) is 8.75. The van der Waals surface area contributed by atoms with E-state index in [1.54, 1.807) is 6.92 Å². The van der Waals surface area contributed by atoms with Gasteiger partial charge in [-0.2, -0.15) is 5.10 Å². The highest BCUT2D eigenvalue weighted by Crippen LogP contribution is 2.13. The Hall–Kier alpha value is -1.56. The molecule has 0 aliphatic carbocycles. The van der Waals surface area contributed by atoms with Gasteiger partial charge in [0.05, 0.1) is 6.61 Å². The van der Waals surface area contributed by atoms with Crippen LogP contribution in [0.1, 0.15) is 33.5 Å². The van der Waals surface area contributed by atoms with E-state index in [1.807, 2.05) is 0 Å². The van der Waals surface area contributed by atoms with Gasteiger partial charge in [-0.15, -0.1) is 11.6 Å². The number of carbonyl (C=O) groups is 2. The van der Waals surface area contributed by atoms with E-state index in [2.05, 4.69) is 10.2 Å². The van der Waals surface area contributed by atoms with Gasteiger partial charge in [-0.25, -0.2) is 4.79 Å². The van der Waals surface area contributed by atoms with Crippen LogP contribution in [0.3, 0.4) is 0 Å². The summed E-state index contributed by atoms with van der Waals surface area (Å²) in [4.78, 5) is 22.5. The maximum atomic E-state index is 11.5. The lowest BCUT2D eigenvalue weighted by molar-refractivity contribution is 0.0518. The van der Waals surface area contributed by atoms with Crippen molar-refractivity contribution in [2.24, 2.45) is 5.73 Å². The molecular formula is C9H12ClN3O3. The van der Waals surface area contributed by atoms with Crippen molar-refractivity contribution in [2.45, 2.75) is 13.3 Å². The molecule has 0 unspecified atom stereocenters. The molecule has 0 saturated carbocycles. The number of primary amides is 1. The monoisotopic (exact) mass is 245 g/mol. The second-order valence-electron chi connectivity index (χ2n) is 2.95. The van der Waals surface area contributed by atoms with Crippen molar-refractivity contribution >= 4 is 23.5 Å². The minimum atomic E-state index is -0.702. The van der Waals surface area contributed by atoms with Crippen molar-refractivity contribution in [1.82, 2.24) is 10.2 Å². The molecule has 0 aliphatic rings. The Balaban J connectivity index is 3.09. The van der Waals surface area contributed by atoms with Crippen LogP contribution in [0.2, 0.25) is 0 Å². The van der Waals surface area contributed by atoms with E-state index in [4.69, 9.17) is 22.1 Å². The number of hydrogen-bond donors (Lipinski definition) is 2. The second-order valence-corrected chi connectivity index (χ2v) is 3.33. The fourth-order valence-corrected chi connectivity index (χ4v) is 1.47. The number of alkyl halides is 1. The molecule has 1 heterocycles. The molecule has 1 aromatic rings. The number of esters is 1. The van der Waals surface area contributed by atoms with Gasteiger partial charge in [0.1, 0.15) is 5.69 Å². The highest BCUT2D eigenvalue weighted by atomic mass is 35.5. The number of H-pyrrole nitrogens is 1. The van der Waals surface area contributed by atoms with Gasteiger partial charge in [-0.05, 0) is 13.3 Å². The van der Waals surface area contributed by atoms with Crippen LogP contribution < -0.4 is 5.73 Å². The molecule has 0 radical (unpaired) electrons. The topological polar surface area (TPSA) is 98.1 Å². The minimum Gasteiger partial charge on any atom is -0.461 e. The average Bonchev–Trinajstić information content (AvgIpc) is 2.62. The maximum Gasteiger partial charge on any atom is 0.356 e. The largest absolute Gasteiger partial charge is 0.461 e. The Bertz CT molecular complexity index is 403. The second kappa shape index (κ2) is 5.50. The number of halogens is 1. The number of hydrogen-bond acceptors (Lipinski definition) is 4. The molecule has 88 valence electrons. The molecule has 0 spiro atoms. The molecule has 1 amide bonds. The van der Waals surface area contributed by atoms with E-state index < -0.39 is 11.9 Å². The van der Waals surface area contributed by atoms with Gasteiger partial charge >= 0.3 is 5.97 Å². The van der Waals surface area contributed by atoms with Crippen molar-refractivity contribution in [3.63, 3.8) is 0 Å². The maximum absolute atomic E-state index is 11.5. The first-order valence-electron chi connectivity index (χ1n) is 4.71. The summed E-state index contributed by atoms with van der Waals surface area (Å²) in [6, 6.07) is 0. The first kappa shape index (κ1) is 12.5. The number of amides is 1. The summed E-state index contributed by atoms with van der Waals surface area (Å²) in [6.45, 7) is 1.93. The van der Waals surface area contributed by atoms with Crippen molar-refractivity contribution in [2.75, 3.05) is 12.5 Å². The van der Waals surface area contributed by atoms with Crippen LogP contribution >= 0.6 is 11.6 Å². The Kier molecular flexibility index (Phi) is 4.30. The average molecular weight is 246 g/mol. The van der Waals surface area contributed by atoms with Gasteiger partial charge in [-0.1, -0.05) is 0 Å². The summed E-state index contributed by atoms with van der Waals surface area (Å²) in [7, 11) is 0. The van der Waals surface area contributed by atoms with Gasteiger partial charge in [0.25, 0.3) is 5.91 Å². The van der Waals surface area contributed by atoms with Crippen LogP contribution in [0.5, 0.6) is 0 Å². The summed E-state index contributed by atoms with van der Waals surface area (Å²) in [5.41, 5.74) is 5.69. The molecule has 16 heavy (non-hydrogen) atoms. The number of nitrogens with two attached hydrogens (primary N) is 1. The lowest BCUT2D eigenvalue weighted by Crippen LogP contribution is -2.15. The fraction of sp³-hybridized carbons (Fsp3) is 0.444. The molecule has 0 atom stereocenters. The third-order valence-electron chi connectivity index (χ3n) is 1.92. The van der Waals surface area contributed by atoms with Gasteiger partial charge in [0, 0.05) is 11.4 Å². The molecule has 0 aliphatic heterocycles. The summed E-state index contributed by atoms with van der Waals surface area (Å²) in [5.74, 6) is -1.01. The first-order valence-corrected chi connectivity index (χ1v) is 5.25. The van der Waals surface area contributed by atoms with Gasteiger partial charge < -0.3 is 10.5 Å². The lowest BCUT2D eigenvalue weighted by Gasteiger charge is -2.02. The third kappa shape index (κ3) is 2.52. The normalized spacial score (nSPS) is 10.1. The van der Waals surface area contributed by atoms with Crippen molar-refractivity contribution in [3.8, 4) is 0 Å². The predicted molar refractivity (Wildman–Crippen MR) is 57.5 cm³/mol. The van der Waals surface area contributed by atoms with Crippen LogP contribution in [-0.4, -0.2) is 34.6 Å². The molecule has 0 saturated heterocycles. The Morgan fingerprint density at radius 1 is 1.56 bits per heavy atom. The molecular weight excluding hydrogens is 234 g/mol. The Morgan fingerprint density at radius 3 is 2.75 bits per heavy atom. The van der Waals surface area contributed by atoms with Crippen molar-refractivity contribution in [1.29, 1.82) is 0 Å². The predicted octanol–water partition coefficient (Wildman–Crippen LogP) is 0.467. The minimum absolute atomic E-state index is 0.0312. The van der Waals surface area contributed by atoms with Gasteiger partial charge in [0.15, 0.2) is 5.69 Å². The highest BCUT2D eigenvalue weighted by molar-refractivity contribution is 6.18. The van der Waals surface area contributed by atoms with Crippen LogP contribution in [-0.2, 0) is 11.2 Å². The summed E-state index contributed by atoms with van der Waals surface area (Å²) in [5, 5.41) is 6.12. The van der Waals surface area contributed by atoms with Crippen molar-refractivity contribution in [3.05, 3.63) is 17.0 Å². The molecule has 3 N–H and O–H groups in total. The molecule has 0 aromatic carbocycles. The molecule has 6 nitrogen and oxygen atoms in total. The Labute approximate surface area is 97.1 Å². The van der Waals surface area contributed by atoms with Crippen LogP contribution in [0, 0.1) is 0 Å². The summed E-state index contributed by atoms with van der Waals surface area (Å²) < 4.78 is 4.80. The standard InChI is InChI=1S/C9H12ClN3O3/c1-2-16-9(15)7-5(3-4-10)6(8(11)14)12-13-7/h2-4H2,1H3,(H2,11,14)(H,12,13). The van der Waals surface area contributed by atoms with E-state index >= 15 is 0 Å². The van der Waals surface area contributed by atoms with Gasteiger partial charge in [-0.3, -0.25) is 9.89 Å². The number of aromatic amines is 1. The lowest BCUT2D eigenvalue weighted by atomic mass is 10.1. The van der Waals surface area contributed by atoms with E-state index in [0.717, 1.165) is 0 Å². The molecule has 1 rings (SSSR count). The zero-order chi connectivity index (χ0) is 12.1. The van der Waals surface area contributed by atoms with E-state index in [1.165, 1.54) is 0 Å². The third-order valence-corrected chi connectivity index (χ3v) is 2.11. The molecule has 0 fully saturated rings. The number of aromatic nitrogens is 2. The van der Waals surface area contributed by atoms with Crippen LogP contribution in [0.4, 0.5) is 0 Å². The smallest absolute Gasteiger partial charge is 0.356 e. The van der Waals surface area contributed by atoms with E-state index in [-0.39, 0.29) is 23.9 Å². The number of nitrogens with one attached hydrogen (secondary N) is 1. The number of carbonyl (C=O) groups excluding carboxylic acids is 2. The summed E-state index contributed by atoms with van der Waals surface area (Å²) in [6.07, 6.45) is 0.324. The van der Waals surface area contributed by atoms with Gasteiger partial charge in [0.2, 0.25) is 0 Å². The van der Waals surface area contributed by atoms with Crippen LogP contribution in [0.15, 0.2) is 0 Å². The highest BCUT2D eigenvalue weighted by Gasteiger charge is 2.22. The SMILES string of the molecule is CCOC(=O)c1[nH]nc(C(N)=O)c1CCCl. The fourth-order valence-electron chi connectivity index (χ4n) is 1.28. The number of nitrogens with zero attached hydrogens (tertiary/aromatic N) is 1. The van der Waals surface area contributed by atoms with Crippen LogP contribution in [0.25, 0.3) is 0 Å². The van der Waals surface area contributed by atoms with E-state index in [9.17, 15) is 9.59 Å². The molecule has 0 bridgehead atoms. The molecule has 7 heteroatoms. The van der Waals surface area contributed by atoms with Crippen molar-refractivity contribution < 1.29 is 14.3 Å². The first-order chi connectivity index (χ1) is 7.61. The number of rotatable bonds is 5. The quantitative estimate of drug-likeness (QED) is 0.582. The summed E-state index contributed by atoms with van der Waals surface area (Å²) >= 11 is 5.58.